The second-order valence-corrected chi connectivity index (χ2v) is 5.09. The summed E-state index contributed by atoms with van der Waals surface area (Å²) >= 11 is 0. The quantitative estimate of drug-likeness (QED) is 0.811. The monoisotopic (exact) mass is 217 g/mol. The van der Waals surface area contributed by atoms with Crippen molar-refractivity contribution in [3.63, 3.8) is 0 Å². The van der Waals surface area contributed by atoms with E-state index in [-0.39, 0.29) is 0 Å². The van der Waals surface area contributed by atoms with E-state index >= 15 is 0 Å². The zero-order valence-electron chi connectivity index (χ0n) is 10.5. The Morgan fingerprint density at radius 3 is 3.00 bits per heavy atom. The zero-order valence-corrected chi connectivity index (χ0v) is 10.5. The molecule has 0 amide bonds. The maximum Gasteiger partial charge on any atom is 0.0325 e. The van der Waals surface area contributed by atoms with Gasteiger partial charge in [-0.3, -0.25) is 0 Å². The summed E-state index contributed by atoms with van der Waals surface area (Å²) in [6.07, 6.45) is 5.12. The van der Waals surface area contributed by atoms with Crippen molar-refractivity contribution in [3.05, 3.63) is 35.4 Å². The molecule has 2 unspecified atom stereocenters. The molecule has 1 aromatic rings. The first kappa shape index (κ1) is 11.7. The first-order valence-electron chi connectivity index (χ1n) is 6.62. The fourth-order valence-electron chi connectivity index (χ4n) is 2.82. The standard InChI is InChI=1S/C15H23N/c1-3-6-12(2)11-15-14-8-5-4-7-13(14)9-10-16-15/h4-5,7-8,12,15-16H,3,6,9-11H2,1-2H3. The van der Waals surface area contributed by atoms with Gasteiger partial charge < -0.3 is 5.32 Å². The van der Waals surface area contributed by atoms with Crippen molar-refractivity contribution in [3.8, 4) is 0 Å². The van der Waals surface area contributed by atoms with Gasteiger partial charge in [-0.1, -0.05) is 51.0 Å². The number of hydrogen-bond donors (Lipinski definition) is 1. The van der Waals surface area contributed by atoms with E-state index in [2.05, 4.69) is 43.4 Å². The highest BCUT2D eigenvalue weighted by Crippen LogP contribution is 2.29. The predicted molar refractivity (Wildman–Crippen MR) is 69.6 cm³/mol. The lowest BCUT2D eigenvalue weighted by atomic mass is 9.87. The minimum atomic E-state index is 0.589. The summed E-state index contributed by atoms with van der Waals surface area (Å²) in [5, 5.41) is 3.66. The molecule has 0 radical (unpaired) electrons. The molecule has 16 heavy (non-hydrogen) atoms. The number of rotatable bonds is 4. The van der Waals surface area contributed by atoms with Crippen LogP contribution in [0.3, 0.4) is 0 Å². The minimum absolute atomic E-state index is 0.589. The normalized spacial score (nSPS) is 21.5. The average Bonchev–Trinajstić information content (AvgIpc) is 2.30. The van der Waals surface area contributed by atoms with Gasteiger partial charge in [-0.15, -0.1) is 0 Å². The van der Waals surface area contributed by atoms with Gasteiger partial charge in [0.05, 0.1) is 0 Å². The van der Waals surface area contributed by atoms with Crippen LogP contribution >= 0.6 is 0 Å². The van der Waals surface area contributed by atoms with Crippen LogP contribution in [0.25, 0.3) is 0 Å². The third kappa shape index (κ3) is 2.65. The third-order valence-corrected chi connectivity index (χ3v) is 3.64. The van der Waals surface area contributed by atoms with E-state index in [1.807, 2.05) is 0 Å². The molecule has 0 bridgehead atoms. The van der Waals surface area contributed by atoms with Gasteiger partial charge in [-0.25, -0.2) is 0 Å². The molecule has 2 atom stereocenters. The van der Waals surface area contributed by atoms with Gasteiger partial charge in [0.25, 0.3) is 0 Å². The molecule has 1 heterocycles. The first-order chi connectivity index (χ1) is 7.81. The van der Waals surface area contributed by atoms with Crippen LogP contribution in [-0.2, 0) is 6.42 Å². The molecule has 1 aromatic carbocycles. The van der Waals surface area contributed by atoms with Gasteiger partial charge >= 0.3 is 0 Å². The molecule has 0 saturated carbocycles. The lowest BCUT2D eigenvalue weighted by molar-refractivity contribution is 0.379. The molecule has 1 nitrogen and oxygen atoms in total. The van der Waals surface area contributed by atoms with Gasteiger partial charge in [0.1, 0.15) is 0 Å². The van der Waals surface area contributed by atoms with E-state index in [0.717, 1.165) is 12.5 Å². The predicted octanol–water partition coefficient (Wildman–Crippen LogP) is 3.70. The molecule has 0 saturated heterocycles. The van der Waals surface area contributed by atoms with Crippen LogP contribution in [0.2, 0.25) is 0 Å². The summed E-state index contributed by atoms with van der Waals surface area (Å²) in [6, 6.07) is 9.50. The van der Waals surface area contributed by atoms with Crippen LogP contribution in [0.15, 0.2) is 24.3 Å². The van der Waals surface area contributed by atoms with Crippen LogP contribution in [0, 0.1) is 5.92 Å². The van der Waals surface area contributed by atoms with Crippen LogP contribution in [0.4, 0.5) is 0 Å². The molecule has 0 aromatic heterocycles. The number of nitrogens with one attached hydrogen (secondary N) is 1. The van der Waals surface area contributed by atoms with E-state index in [9.17, 15) is 0 Å². The summed E-state index contributed by atoms with van der Waals surface area (Å²) in [5.74, 6) is 0.827. The van der Waals surface area contributed by atoms with Gasteiger partial charge in [-0.05, 0) is 36.4 Å². The summed E-state index contributed by atoms with van der Waals surface area (Å²) in [5.41, 5.74) is 3.09. The molecular weight excluding hydrogens is 194 g/mol. The molecule has 88 valence electrons. The van der Waals surface area contributed by atoms with Crippen molar-refractivity contribution in [2.75, 3.05) is 6.54 Å². The summed E-state index contributed by atoms with van der Waals surface area (Å²) in [4.78, 5) is 0. The van der Waals surface area contributed by atoms with E-state index < -0.39 is 0 Å². The highest BCUT2D eigenvalue weighted by molar-refractivity contribution is 5.32. The van der Waals surface area contributed by atoms with Crippen molar-refractivity contribution in [1.29, 1.82) is 0 Å². The molecule has 2 rings (SSSR count). The molecular formula is C15H23N. The van der Waals surface area contributed by atoms with Crippen molar-refractivity contribution >= 4 is 0 Å². The van der Waals surface area contributed by atoms with Crippen LogP contribution in [0.1, 0.15) is 50.3 Å². The van der Waals surface area contributed by atoms with E-state index in [4.69, 9.17) is 0 Å². The zero-order chi connectivity index (χ0) is 11.4. The fraction of sp³-hybridized carbons (Fsp3) is 0.600. The van der Waals surface area contributed by atoms with Crippen molar-refractivity contribution in [2.45, 2.75) is 45.6 Å². The number of benzene rings is 1. The fourth-order valence-corrected chi connectivity index (χ4v) is 2.82. The molecule has 1 aliphatic heterocycles. The molecule has 0 spiro atoms. The van der Waals surface area contributed by atoms with E-state index in [1.165, 1.54) is 31.2 Å². The SMILES string of the molecule is CCCC(C)CC1NCCc2ccccc21. The maximum absolute atomic E-state index is 3.66. The van der Waals surface area contributed by atoms with Crippen molar-refractivity contribution in [1.82, 2.24) is 5.32 Å². The third-order valence-electron chi connectivity index (χ3n) is 3.64. The van der Waals surface area contributed by atoms with Gasteiger partial charge in [0.15, 0.2) is 0 Å². The summed E-state index contributed by atoms with van der Waals surface area (Å²) in [6.45, 7) is 5.79. The highest BCUT2D eigenvalue weighted by Gasteiger charge is 2.20. The first-order valence-corrected chi connectivity index (χ1v) is 6.62. The highest BCUT2D eigenvalue weighted by atomic mass is 14.9. The number of fused-ring (bicyclic) bond motifs is 1. The molecule has 1 N–H and O–H groups in total. The molecule has 0 fully saturated rings. The lowest BCUT2D eigenvalue weighted by Gasteiger charge is -2.29. The minimum Gasteiger partial charge on any atom is -0.310 e. The largest absolute Gasteiger partial charge is 0.310 e. The van der Waals surface area contributed by atoms with Gasteiger partial charge in [0, 0.05) is 6.04 Å². The molecule has 0 aliphatic carbocycles. The van der Waals surface area contributed by atoms with E-state index in [1.54, 1.807) is 5.56 Å². The second kappa shape index (κ2) is 5.49. The smallest absolute Gasteiger partial charge is 0.0325 e. The Hall–Kier alpha value is -0.820. The summed E-state index contributed by atoms with van der Waals surface area (Å²) in [7, 11) is 0. The van der Waals surface area contributed by atoms with E-state index in [0.29, 0.717) is 6.04 Å². The van der Waals surface area contributed by atoms with Crippen LogP contribution in [-0.4, -0.2) is 6.54 Å². The Labute approximate surface area is 99.3 Å². The van der Waals surface area contributed by atoms with Crippen LogP contribution < -0.4 is 5.32 Å². The van der Waals surface area contributed by atoms with Gasteiger partial charge in [0.2, 0.25) is 0 Å². The van der Waals surface area contributed by atoms with Gasteiger partial charge in [-0.2, -0.15) is 0 Å². The van der Waals surface area contributed by atoms with Crippen LogP contribution in [0.5, 0.6) is 0 Å². The Morgan fingerprint density at radius 1 is 1.38 bits per heavy atom. The Kier molecular flexibility index (Phi) is 4.00. The Balaban J connectivity index is 2.07. The Morgan fingerprint density at radius 2 is 2.19 bits per heavy atom. The van der Waals surface area contributed by atoms with Crippen molar-refractivity contribution < 1.29 is 0 Å². The van der Waals surface area contributed by atoms with Crippen molar-refractivity contribution in [2.24, 2.45) is 5.92 Å². The number of hydrogen-bond acceptors (Lipinski definition) is 1. The second-order valence-electron chi connectivity index (χ2n) is 5.09. The summed E-state index contributed by atoms with van der Waals surface area (Å²) < 4.78 is 0. The maximum atomic E-state index is 3.66. The lowest BCUT2D eigenvalue weighted by Crippen LogP contribution is -2.30. The molecule has 1 heteroatoms. The molecule has 1 aliphatic rings. The topological polar surface area (TPSA) is 12.0 Å². The Bertz CT molecular complexity index is 332. The average molecular weight is 217 g/mol.